The number of alkyl halides is 3. The SMILES string of the molecule is COc1cccc([C@H]2O[C@H](CC(=O)O)c3nnc(C(F)(F)F)n3-c3ccc(Cl)cc32)c1O. The van der Waals surface area contributed by atoms with Crippen molar-refractivity contribution in [3.05, 3.63) is 64.2 Å². The van der Waals surface area contributed by atoms with Gasteiger partial charge < -0.3 is 19.7 Å². The highest BCUT2D eigenvalue weighted by molar-refractivity contribution is 6.30. The second-order valence-electron chi connectivity index (χ2n) is 6.92. The molecule has 0 spiro atoms. The van der Waals surface area contributed by atoms with Gasteiger partial charge in [-0.05, 0) is 24.3 Å². The predicted molar refractivity (Wildman–Crippen MR) is 104 cm³/mol. The van der Waals surface area contributed by atoms with Crippen LogP contribution in [0, 0.1) is 0 Å². The van der Waals surface area contributed by atoms with Crippen LogP contribution in [-0.4, -0.2) is 38.1 Å². The summed E-state index contributed by atoms with van der Waals surface area (Å²) in [5.74, 6) is -3.22. The fourth-order valence-corrected chi connectivity index (χ4v) is 3.80. The summed E-state index contributed by atoms with van der Waals surface area (Å²) in [5, 5.41) is 27.1. The topological polar surface area (TPSA) is 107 Å². The van der Waals surface area contributed by atoms with Crippen molar-refractivity contribution < 1.29 is 37.7 Å². The maximum Gasteiger partial charge on any atom is 0.452 e. The Balaban J connectivity index is 2.03. The number of fused-ring (bicyclic) bond motifs is 3. The minimum absolute atomic E-state index is 0.0122. The Morgan fingerprint density at radius 1 is 1.25 bits per heavy atom. The molecule has 0 saturated heterocycles. The zero-order valence-electron chi connectivity index (χ0n) is 16.3. The molecule has 168 valence electrons. The monoisotopic (exact) mass is 469 g/mol. The molecule has 4 rings (SSSR count). The van der Waals surface area contributed by atoms with Crippen molar-refractivity contribution in [2.75, 3.05) is 7.11 Å². The molecule has 2 N–H and O–H groups in total. The molecule has 12 heteroatoms. The van der Waals surface area contributed by atoms with Gasteiger partial charge in [0.2, 0.25) is 5.82 Å². The summed E-state index contributed by atoms with van der Waals surface area (Å²) in [6, 6.07) is 8.62. The molecular formula is C20H15ClF3N3O5. The van der Waals surface area contributed by atoms with Crippen LogP contribution in [0.3, 0.4) is 0 Å². The van der Waals surface area contributed by atoms with Crippen molar-refractivity contribution in [2.24, 2.45) is 0 Å². The van der Waals surface area contributed by atoms with E-state index in [1.807, 2.05) is 0 Å². The molecule has 0 bridgehead atoms. The van der Waals surface area contributed by atoms with E-state index in [4.69, 9.17) is 21.1 Å². The first kappa shape index (κ1) is 21.9. The van der Waals surface area contributed by atoms with Crippen LogP contribution in [0.1, 0.15) is 41.4 Å². The second kappa shape index (κ2) is 7.99. The van der Waals surface area contributed by atoms with Gasteiger partial charge in [0.1, 0.15) is 12.2 Å². The third-order valence-electron chi connectivity index (χ3n) is 4.94. The van der Waals surface area contributed by atoms with E-state index in [0.29, 0.717) is 0 Å². The normalized spacial score (nSPS) is 17.9. The summed E-state index contributed by atoms with van der Waals surface area (Å²) in [4.78, 5) is 11.5. The lowest BCUT2D eigenvalue weighted by molar-refractivity contribution is -0.146. The van der Waals surface area contributed by atoms with Crippen molar-refractivity contribution in [1.82, 2.24) is 14.8 Å². The lowest BCUT2D eigenvalue weighted by atomic mass is 9.98. The number of ether oxygens (including phenoxy) is 2. The van der Waals surface area contributed by atoms with Crippen molar-refractivity contribution in [1.29, 1.82) is 0 Å². The van der Waals surface area contributed by atoms with E-state index in [1.165, 1.54) is 37.4 Å². The minimum atomic E-state index is -4.88. The minimum Gasteiger partial charge on any atom is -0.504 e. The van der Waals surface area contributed by atoms with Crippen LogP contribution >= 0.6 is 11.6 Å². The van der Waals surface area contributed by atoms with Crippen LogP contribution in [-0.2, 0) is 15.7 Å². The molecule has 3 aromatic rings. The third kappa shape index (κ3) is 3.73. The fourth-order valence-electron chi connectivity index (χ4n) is 3.62. The zero-order valence-corrected chi connectivity index (χ0v) is 17.1. The molecule has 0 fully saturated rings. The summed E-state index contributed by atoms with van der Waals surface area (Å²) in [5.41, 5.74) is 0.290. The number of hydrogen-bond donors (Lipinski definition) is 2. The van der Waals surface area contributed by atoms with Gasteiger partial charge >= 0.3 is 12.1 Å². The van der Waals surface area contributed by atoms with E-state index in [2.05, 4.69) is 10.2 Å². The second-order valence-corrected chi connectivity index (χ2v) is 7.36. The Hall–Kier alpha value is -3.31. The van der Waals surface area contributed by atoms with Gasteiger partial charge in [0, 0.05) is 16.1 Å². The van der Waals surface area contributed by atoms with Gasteiger partial charge in [-0.1, -0.05) is 23.7 Å². The van der Waals surface area contributed by atoms with Crippen LogP contribution in [0.2, 0.25) is 5.02 Å². The average molecular weight is 470 g/mol. The van der Waals surface area contributed by atoms with Gasteiger partial charge in [0.25, 0.3) is 0 Å². The van der Waals surface area contributed by atoms with Gasteiger partial charge in [-0.15, -0.1) is 10.2 Å². The van der Waals surface area contributed by atoms with E-state index < -0.39 is 36.6 Å². The van der Waals surface area contributed by atoms with E-state index >= 15 is 0 Å². The first-order valence-electron chi connectivity index (χ1n) is 9.17. The number of phenolic OH excluding ortho intramolecular Hbond substituents is 1. The first-order valence-corrected chi connectivity index (χ1v) is 9.55. The van der Waals surface area contributed by atoms with E-state index in [0.717, 1.165) is 4.57 Å². The fraction of sp³-hybridized carbons (Fsp3) is 0.250. The van der Waals surface area contributed by atoms with Crippen molar-refractivity contribution >= 4 is 17.6 Å². The Morgan fingerprint density at radius 2 is 2.00 bits per heavy atom. The van der Waals surface area contributed by atoms with Crippen LogP contribution in [0.4, 0.5) is 13.2 Å². The number of para-hydroxylation sites is 1. The Labute approximate surface area is 183 Å². The number of benzene rings is 2. The maximum atomic E-state index is 13.7. The zero-order chi connectivity index (χ0) is 23.2. The lowest BCUT2D eigenvalue weighted by Gasteiger charge is -2.23. The van der Waals surface area contributed by atoms with Crippen molar-refractivity contribution in [3.63, 3.8) is 0 Å². The van der Waals surface area contributed by atoms with Crippen LogP contribution < -0.4 is 4.74 Å². The van der Waals surface area contributed by atoms with Crippen molar-refractivity contribution in [3.8, 4) is 17.2 Å². The van der Waals surface area contributed by atoms with E-state index in [9.17, 15) is 28.2 Å². The summed E-state index contributed by atoms with van der Waals surface area (Å²) >= 11 is 6.13. The maximum absolute atomic E-state index is 13.7. The van der Waals surface area contributed by atoms with Gasteiger partial charge in [-0.2, -0.15) is 13.2 Å². The Bertz CT molecular complexity index is 1200. The van der Waals surface area contributed by atoms with Gasteiger partial charge in [-0.25, -0.2) is 0 Å². The highest BCUT2D eigenvalue weighted by atomic mass is 35.5. The highest BCUT2D eigenvalue weighted by Crippen LogP contribution is 2.46. The number of carboxylic acids is 1. The molecule has 2 heterocycles. The van der Waals surface area contributed by atoms with E-state index in [1.54, 1.807) is 6.07 Å². The summed E-state index contributed by atoms with van der Waals surface area (Å²) in [6.45, 7) is 0. The first-order chi connectivity index (χ1) is 15.1. The number of methoxy groups -OCH3 is 1. The number of hydrogen-bond acceptors (Lipinski definition) is 6. The molecule has 0 saturated carbocycles. The molecule has 1 aliphatic heterocycles. The van der Waals surface area contributed by atoms with E-state index in [-0.39, 0.29) is 39.2 Å². The van der Waals surface area contributed by atoms with Gasteiger partial charge in [0.05, 0.1) is 19.2 Å². The Morgan fingerprint density at radius 3 is 2.66 bits per heavy atom. The smallest absolute Gasteiger partial charge is 0.452 e. The molecular weight excluding hydrogens is 455 g/mol. The number of phenols is 1. The van der Waals surface area contributed by atoms with Gasteiger partial charge in [0.15, 0.2) is 17.3 Å². The molecule has 8 nitrogen and oxygen atoms in total. The largest absolute Gasteiger partial charge is 0.504 e. The molecule has 1 aromatic heterocycles. The van der Waals surface area contributed by atoms with Crippen LogP contribution in [0.15, 0.2) is 36.4 Å². The number of aromatic nitrogens is 3. The quantitative estimate of drug-likeness (QED) is 0.587. The van der Waals surface area contributed by atoms with Gasteiger partial charge in [-0.3, -0.25) is 9.36 Å². The number of aromatic hydroxyl groups is 1. The summed E-state index contributed by atoms with van der Waals surface area (Å²) in [7, 11) is 1.34. The molecule has 0 unspecified atom stereocenters. The Kier molecular flexibility index (Phi) is 5.47. The number of halogens is 4. The number of nitrogens with zero attached hydrogens (tertiary/aromatic N) is 3. The average Bonchev–Trinajstić information content (AvgIpc) is 3.12. The predicted octanol–water partition coefficient (Wildman–Crippen LogP) is 4.29. The number of aliphatic carboxylic acids is 1. The molecule has 0 radical (unpaired) electrons. The summed E-state index contributed by atoms with van der Waals surface area (Å²) < 4.78 is 53.0. The molecule has 1 aliphatic rings. The standard InChI is InChI=1S/C20H15ClF3N3O5/c1-31-13-4-2-3-10(16(13)30)17-11-7-9(21)5-6-12(11)27-18(14(32-17)8-15(28)29)25-26-19(27)20(22,23)24/h2-7,14,17,30H,8H2,1H3,(H,28,29)/t14-,17-/m1/s1. The number of carboxylic acid groups (broad SMARTS) is 1. The number of rotatable bonds is 4. The molecule has 2 atom stereocenters. The molecule has 0 amide bonds. The van der Waals surface area contributed by atoms with Crippen molar-refractivity contribution in [2.45, 2.75) is 24.8 Å². The molecule has 32 heavy (non-hydrogen) atoms. The molecule has 0 aliphatic carbocycles. The lowest BCUT2D eigenvalue weighted by Crippen LogP contribution is -2.17. The van der Waals surface area contributed by atoms with Crippen LogP contribution in [0.5, 0.6) is 11.5 Å². The molecule has 2 aromatic carbocycles. The summed E-state index contributed by atoms with van der Waals surface area (Å²) in [6.07, 6.45) is -8.18. The number of carbonyl (C=O) groups is 1. The van der Waals surface area contributed by atoms with Crippen LogP contribution in [0.25, 0.3) is 5.69 Å². The highest BCUT2D eigenvalue weighted by Gasteiger charge is 2.43. The third-order valence-corrected chi connectivity index (χ3v) is 5.17.